The Hall–Kier alpha value is -1.68. The first kappa shape index (κ1) is 13.7. The Bertz CT molecular complexity index is 601. The van der Waals surface area contributed by atoms with Gasteiger partial charge in [-0.2, -0.15) is 5.26 Å². The molecule has 0 aromatic heterocycles. The molecule has 0 bridgehead atoms. The van der Waals surface area contributed by atoms with Gasteiger partial charge < -0.3 is 5.32 Å². The van der Waals surface area contributed by atoms with Gasteiger partial charge in [0.2, 0.25) is 0 Å². The highest BCUT2D eigenvalue weighted by atomic mass is 32.2. The van der Waals surface area contributed by atoms with Crippen LogP contribution in [0.25, 0.3) is 0 Å². The van der Waals surface area contributed by atoms with Crippen LogP contribution in [-0.2, 0) is 9.84 Å². The second kappa shape index (κ2) is 5.13. The maximum Gasteiger partial charge on any atom is 0.150 e. The van der Waals surface area contributed by atoms with E-state index in [1.807, 2.05) is 0 Å². The highest BCUT2D eigenvalue weighted by molar-refractivity contribution is 7.91. The number of nitriles is 1. The Morgan fingerprint density at radius 2 is 1.74 bits per heavy atom. The van der Waals surface area contributed by atoms with E-state index in [-0.39, 0.29) is 28.8 Å². The van der Waals surface area contributed by atoms with E-state index in [0.29, 0.717) is 12.8 Å². The summed E-state index contributed by atoms with van der Waals surface area (Å²) in [5.74, 6) is -1.65. The van der Waals surface area contributed by atoms with Crippen molar-refractivity contribution in [3.63, 3.8) is 0 Å². The molecule has 1 aromatic rings. The number of benzene rings is 1. The Morgan fingerprint density at radius 1 is 1.21 bits per heavy atom. The van der Waals surface area contributed by atoms with Crippen LogP contribution in [0.2, 0.25) is 0 Å². The normalized spacial score (nSPS) is 18.8. The third kappa shape index (κ3) is 3.20. The lowest BCUT2D eigenvalue weighted by atomic mass is 10.1. The summed E-state index contributed by atoms with van der Waals surface area (Å²) in [5, 5.41) is 11.3. The summed E-state index contributed by atoms with van der Waals surface area (Å²) in [7, 11) is -3.01. The topological polar surface area (TPSA) is 70.0 Å². The molecule has 0 atom stereocenters. The lowest BCUT2D eigenvalue weighted by molar-refractivity contribution is 0.549. The summed E-state index contributed by atoms with van der Waals surface area (Å²) in [6.07, 6.45) is 0.641. The van der Waals surface area contributed by atoms with Gasteiger partial charge in [0.1, 0.15) is 15.5 Å². The molecular weight excluding hydrogens is 274 g/mol. The SMILES string of the molecule is N#Cc1cc(F)c(NC2CCS(=O)(=O)CC2)c(F)c1. The first-order valence-corrected chi connectivity index (χ1v) is 7.59. The van der Waals surface area contributed by atoms with E-state index >= 15 is 0 Å². The van der Waals surface area contributed by atoms with Crippen molar-refractivity contribution in [2.24, 2.45) is 0 Å². The van der Waals surface area contributed by atoms with Gasteiger partial charge in [-0.15, -0.1) is 0 Å². The number of hydrogen-bond acceptors (Lipinski definition) is 4. The fourth-order valence-corrected chi connectivity index (χ4v) is 3.51. The molecular formula is C12H12F2N2O2S. The van der Waals surface area contributed by atoms with Crippen molar-refractivity contribution < 1.29 is 17.2 Å². The predicted octanol–water partition coefficient (Wildman–Crippen LogP) is 1.83. The van der Waals surface area contributed by atoms with Crippen LogP contribution in [0, 0.1) is 23.0 Å². The lowest BCUT2D eigenvalue weighted by Gasteiger charge is -2.24. The average molecular weight is 286 g/mol. The van der Waals surface area contributed by atoms with Crippen molar-refractivity contribution in [1.29, 1.82) is 5.26 Å². The standard InChI is InChI=1S/C12H12F2N2O2S/c13-10-5-8(7-15)6-11(14)12(10)16-9-1-3-19(17,18)4-2-9/h5-6,9,16H,1-4H2. The van der Waals surface area contributed by atoms with Crippen LogP contribution in [0.4, 0.5) is 14.5 Å². The van der Waals surface area contributed by atoms with Crippen molar-refractivity contribution in [1.82, 2.24) is 0 Å². The van der Waals surface area contributed by atoms with E-state index in [2.05, 4.69) is 5.32 Å². The second-order valence-corrected chi connectivity index (χ2v) is 6.80. The Labute approximate surface area is 110 Å². The van der Waals surface area contributed by atoms with Gasteiger partial charge in [-0.25, -0.2) is 17.2 Å². The van der Waals surface area contributed by atoms with Gasteiger partial charge in [-0.3, -0.25) is 0 Å². The van der Waals surface area contributed by atoms with Gasteiger partial charge in [-0.05, 0) is 25.0 Å². The van der Waals surface area contributed by atoms with E-state index in [1.165, 1.54) is 0 Å². The molecule has 1 aromatic carbocycles. The molecule has 19 heavy (non-hydrogen) atoms. The third-order valence-corrected chi connectivity index (χ3v) is 4.79. The van der Waals surface area contributed by atoms with E-state index in [4.69, 9.17) is 5.26 Å². The van der Waals surface area contributed by atoms with Gasteiger partial charge in [0.15, 0.2) is 11.6 Å². The summed E-state index contributed by atoms with van der Waals surface area (Å²) in [5.41, 5.74) is -0.393. The van der Waals surface area contributed by atoms with Gasteiger partial charge in [-0.1, -0.05) is 0 Å². The zero-order valence-corrected chi connectivity index (χ0v) is 10.8. The average Bonchev–Trinajstić information content (AvgIpc) is 2.35. The quantitative estimate of drug-likeness (QED) is 0.900. The largest absolute Gasteiger partial charge is 0.377 e. The van der Waals surface area contributed by atoms with E-state index in [1.54, 1.807) is 6.07 Å². The molecule has 1 aliphatic heterocycles. The molecule has 1 fully saturated rings. The molecule has 0 radical (unpaired) electrons. The molecule has 1 heterocycles. The number of hydrogen-bond donors (Lipinski definition) is 1. The van der Waals surface area contributed by atoms with Crippen molar-refractivity contribution in [2.75, 3.05) is 16.8 Å². The van der Waals surface area contributed by atoms with Crippen LogP contribution in [-0.4, -0.2) is 26.0 Å². The fourth-order valence-electron chi connectivity index (χ4n) is 2.01. The molecule has 7 heteroatoms. The smallest absolute Gasteiger partial charge is 0.150 e. The number of sulfone groups is 1. The number of rotatable bonds is 2. The van der Waals surface area contributed by atoms with E-state index in [0.717, 1.165) is 12.1 Å². The zero-order chi connectivity index (χ0) is 14.0. The summed E-state index contributed by atoms with van der Waals surface area (Å²) in [4.78, 5) is 0. The van der Waals surface area contributed by atoms with Crippen molar-refractivity contribution in [3.05, 3.63) is 29.3 Å². The molecule has 1 saturated heterocycles. The van der Waals surface area contributed by atoms with Crippen LogP contribution < -0.4 is 5.32 Å². The monoisotopic (exact) mass is 286 g/mol. The summed E-state index contributed by atoms with van der Waals surface area (Å²) in [6.45, 7) is 0. The van der Waals surface area contributed by atoms with Gasteiger partial charge >= 0.3 is 0 Å². The minimum atomic E-state index is -3.01. The number of nitrogens with zero attached hydrogens (tertiary/aromatic N) is 1. The predicted molar refractivity (Wildman–Crippen MR) is 66.4 cm³/mol. The van der Waals surface area contributed by atoms with Gasteiger partial charge in [0, 0.05) is 6.04 Å². The number of halogens is 2. The zero-order valence-electron chi connectivity index (χ0n) is 9.99. The third-order valence-electron chi connectivity index (χ3n) is 3.07. The van der Waals surface area contributed by atoms with Gasteiger partial charge in [0.25, 0.3) is 0 Å². The highest BCUT2D eigenvalue weighted by Crippen LogP contribution is 2.24. The Balaban J connectivity index is 2.15. The minimum absolute atomic E-state index is 0.0180. The number of anilines is 1. The first-order valence-electron chi connectivity index (χ1n) is 5.77. The van der Waals surface area contributed by atoms with Crippen LogP contribution >= 0.6 is 0 Å². The van der Waals surface area contributed by atoms with Crippen molar-refractivity contribution in [3.8, 4) is 6.07 Å². The van der Waals surface area contributed by atoms with E-state index < -0.39 is 21.5 Å². The summed E-state index contributed by atoms with van der Waals surface area (Å²) in [6, 6.07) is 3.28. The van der Waals surface area contributed by atoms with Crippen molar-refractivity contribution >= 4 is 15.5 Å². The maximum atomic E-state index is 13.6. The summed E-state index contributed by atoms with van der Waals surface area (Å²) < 4.78 is 49.8. The molecule has 4 nitrogen and oxygen atoms in total. The highest BCUT2D eigenvalue weighted by Gasteiger charge is 2.25. The van der Waals surface area contributed by atoms with Crippen molar-refractivity contribution in [2.45, 2.75) is 18.9 Å². The molecule has 0 saturated carbocycles. The lowest BCUT2D eigenvalue weighted by Crippen LogP contribution is -2.32. The number of nitrogens with one attached hydrogen (secondary N) is 1. The minimum Gasteiger partial charge on any atom is -0.377 e. The van der Waals surface area contributed by atoms with Gasteiger partial charge in [0.05, 0.1) is 23.1 Å². The Kier molecular flexibility index (Phi) is 3.71. The van der Waals surface area contributed by atoms with Crippen LogP contribution in [0.5, 0.6) is 0 Å². The molecule has 0 amide bonds. The Morgan fingerprint density at radius 3 is 2.21 bits per heavy atom. The first-order chi connectivity index (χ1) is 8.91. The van der Waals surface area contributed by atoms with E-state index in [9.17, 15) is 17.2 Å². The second-order valence-electron chi connectivity index (χ2n) is 4.50. The molecule has 2 rings (SSSR count). The molecule has 0 aliphatic carbocycles. The van der Waals surface area contributed by atoms with Crippen LogP contribution in [0.1, 0.15) is 18.4 Å². The molecule has 0 unspecified atom stereocenters. The van der Waals surface area contributed by atoms with Crippen LogP contribution in [0.15, 0.2) is 12.1 Å². The molecule has 0 spiro atoms. The summed E-state index contributed by atoms with van der Waals surface area (Å²) >= 11 is 0. The molecule has 1 aliphatic rings. The fraction of sp³-hybridized carbons (Fsp3) is 0.417. The molecule has 1 N–H and O–H groups in total. The molecule has 102 valence electrons. The maximum absolute atomic E-state index is 13.6. The van der Waals surface area contributed by atoms with Crippen LogP contribution in [0.3, 0.4) is 0 Å².